The number of alkyl halides is 3. The zero-order valence-corrected chi connectivity index (χ0v) is 15.0. The fourth-order valence-electron chi connectivity index (χ4n) is 1.69. The number of nitrogens with one attached hydrogen (secondary N) is 1. The summed E-state index contributed by atoms with van der Waals surface area (Å²) in [5, 5.41) is -0.580. The summed E-state index contributed by atoms with van der Waals surface area (Å²) in [4.78, 5) is 12.4. The number of aryl methyl sites for hydroxylation is 1. The molecule has 0 spiro atoms. The molecule has 0 aliphatic carbocycles. The normalized spacial score (nSPS) is 13.0. The van der Waals surface area contributed by atoms with Crippen molar-refractivity contribution in [3.05, 3.63) is 53.3 Å². The highest BCUT2D eigenvalue weighted by molar-refractivity contribution is 7.90. The van der Waals surface area contributed by atoms with E-state index in [0.29, 0.717) is 4.90 Å². The third-order valence-electron chi connectivity index (χ3n) is 3.03. The van der Waals surface area contributed by atoms with Crippen LogP contribution in [-0.2, 0) is 14.8 Å². The molecule has 1 amide bonds. The molecule has 0 saturated heterocycles. The van der Waals surface area contributed by atoms with Crippen LogP contribution in [0.15, 0.2) is 52.7 Å². The average Bonchev–Trinajstić information content (AvgIpc) is 2.50. The molecule has 1 aromatic rings. The molecule has 0 radical (unpaired) electrons. The first kappa shape index (κ1) is 21.0. The van der Waals surface area contributed by atoms with Gasteiger partial charge in [-0.2, -0.15) is 13.2 Å². The number of sulfonamides is 1. The Kier molecular flexibility index (Phi) is 6.67. The van der Waals surface area contributed by atoms with Crippen molar-refractivity contribution in [1.82, 2.24) is 9.62 Å². The first-order valence-electron chi connectivity index (χ1n) is 6.83. The maximum absolute atomic E-state index is 12.5. The lowest BCUT2D eigenvalue weighted by molar-refractivity contribution is -0.136. The van der Waals surface area contributed by atoms with Gasteiger partial charge in [0.2, 0.25) is 0 Å². The van der Waals surface area contributed by atoms with Gasteiger partial charge in [-0.05, 0) is 32.2 Å². The zero-order chi connectivity index (χ0) is 19.4. The number of amides is 1. The Morgan fingerprint density at radius 2 is 1.84 bits per heavy atom. The summed E-state index contributed by atoms with van der Waals surface area (Å²) in [6, 6.07) is 5.67. The van der Waals surface area contributed by atoms with Gasteiger partial charge < -0.3 is 4.90 Å². The fourth-order valence-corrected chi connectivity index (χ4v) is 2.92. The van der Waals surface area contributed by atoms with Crippen LogP contribution in [-0.4, -0.2) is 31.9 Å². The summed E-state index contributed by atoms with van der Waals surface area (Å²) in [5.74, 6) is -1.14. The zero-order valence-electron chi connectivity index (χ0n) is 13.4. The Morgan fingerprint density at radius 3 is 2.28 bits per heavy atom. The first-order valence-corrected chi connectivity index (χ1v) is 8.69. The third-order valence-corrected chi connectivity index (χ3v) is 4.88. The average molecular weight is 397 g/mol. The number of hydrogen-bond donors (Lipinski definition) is 1. The Labute approximate surface area is 148 Å². The summed E-state index contributed by atoms with van der Waals surface area (Å²) in [6.07, 6.45) is -3.79. The van der Waals surface area contributed by atoms with Crippen molar-refractivity contribution in [2.24, 2.45) is 0 Å². The molecular formula is C15H16ClF3N2O3S. The molecule has 138 valence electrons. The van der Waals surface area contributed by atoms with Crippen LogP contribution in [0.25, 0.3) is 0 Å². The van der Waals surface area contributed by atoms with Gasteiger partial charge in [-0.3, -0.25) is 4.79 Å². The molecule has 0 fully saturated rings. The second-order valence-corrected chi connectivity index (χ2v) is 7.13. The minimum absolute atomic E-state index is 0.161. The van der Waals surface area contributed by atoms with E-state index in [1.165, 1.54) is 24.3 Å². The van der Waals surface area contributed by atoms with Crippen LogP contribution in [0.3, 0.4) is 0 Å². The molecule has 1 rings (SSSR count). The van der Waals surface area contributed by atoms with E-state index in [0.717, 1.165) is 18.7 Å². The standard InChI is InChI=1S/C15H16ClF3N2O3S/c1-4-21(9-15(17,18)19)13(16)11(3)14(22)20-25(23,24)12-7-5-10(2)6-8-12/h4-8H,1,9H2,2-3H3,(H,20,22)/b13-11+. The van der Waals surface area contributed by atoms with E-state index in [-0.39, 0.29) is 4.90 Å². The number of hydrogen-bond acceptors (Lipinski definition) is 4. The number of carbonyl (C=O) groups is 1. The Morgan fingerprint density at radius 1 is 1.32 bits per heavy atom. The third kappa shape index (κ3) is 6.09. The van der Waals surface area contributed by atoms with Crippen LogP contribution >= 0.6 is 11.6 Å². The molecule has 0 aromatic heterocycles. The lowest BCUT2D eigenvalue weighted by Crippen LogP contribution is -2.34. The van der Waals surface area contributed by atoms with Crippen molar-refractivity contribution in [2.45, 2.75) is 24.9 Å². The molecule has 0 aliphatic rings. The van der Waals surface area contributed by atoms with Crippen LogP contribution in [0.4, 0.5) is 13.2 Å². The molecule has 1 N–H and O–H groups in total. The molecular weight excluding hydrogens is 381 g/mol. The second-order valence-electron chi connectivity index (χ2n) is 5.09. The molecule has 5 nitrogen and oxygen atoms in total. The summed E-state index contributed by atoms with van der Waals surface area (Å²) in [6.45, 7) is 4.59. The van der Waals surface area contributed by atoms with E-state index in [1.807, 2.05) is 0 Å². The van der Waals surface area contributed by atoms with Gasteiger partial charge in [-0.15, -0.1) is 0 Å². The van der Waals surface area contributed by atoms with E-state index in [9.17, 15) is 26.4 Å². The number of halogens is 4. The lowest BCUT2D eigenvalue weighted by Gasteiger charge is -2.22. The summed E-state index contributed by atoms with van der Waals surface area (Å²) in [7, 11) is -4.18. The number of nitrogens with zero attached hydrogens (tertiary/aromatic N) is 1. The predicted octanol–water partition coefficient (Wildman–Crippen LogP) is 3.28. The molecule has 0 heterocycles. The SMILES string of the molecule is C=CN(CC(F)(F)F)/C(Cl)=C(\C)C(=O)NS(=O)(=O)c1ccc(C)cc1. The maximum atomic E-state index is 12.5. The molecule has 25 heavy (non-hydrogen) atoms. The van der Waals surface area contributed by atoms with E-state index in [4.69, 9.17) is 11.6 Å². The summed E-state index contributed by atoms with van der Waals surface area (Å²) >= 11 is 5.77. The van der Waals surface area contributed by atoms with Gasteiger partial charge >= 0.3 is 6.18 Å². The Balaban J connectivity index is 3.04. The fraction of sp³-hybridized carbons (Fsp3) is 0.267. The smallest absolute Gasteiger partial charge is 0.330 e. The molecule has 0 atom stereocenters. The van der Waals surface area contributed by atoms with E-state index < -0.39 is 39.4 Å². The van der Waals surface area contributed by atoms with Crippen LogP contribution < -0.4 is 4.72 Å². The maximum Gasteiger partial charge on any atom is 0.406 e. The monoisotopic (exact) mass is 396 g/mol. The topological polar surface area (TPSA) is 66.5 Å². The number of carbonyl (C=O) groups excluding carboxylic acids is 1. The summed E-state index contributed by atoms with van der Waals surface area (Å²) in [5.41, 5.74) is 0.416. The predicted molar refractivity (Wildman–Crippen MR) is 88.0 cm³/mol. The van der Waals surface area contributed by atoms with E-state index in [1.54, 1.807) is 11.6 Å². The van der Waals surface area contributed by atoms with Gasteiger partial charge in [-0.25, -0.2) is 13.1 Å². The van der Waals surface area contributed by atoms with Gasteiger partial charge in [0, 0.05) is 0 Å². The molecule has 0 bridgehead atoms. The minimum atomic E-state index is -4.58. The van der Waals surface area contributed by atoms with Crippen LogP contribution in [0.2, 0.25) is 0 Å². The van der Waals surface area contributed by atoms with Crippen molar-refractivity contribution >= 4 is 27.5 Å². The highest BCUT2D eigenvalue weighted by atomic mass is 35.5. The van der Waals surface area contributed by atoms with Crippen molar-refractivity contribution in [3.8, 4) is 0 Å². The largest absolute Gasteiger partial charge is 0.406 e. The minimum Gasteiger partial charge on any atom is -0.330 e. The highest BCUT2D eigenvalue weighted by Crippen LogP contribution is 2.23. The molecule has 0 unspecified atom stereocenters. The molecule has 1 aromatic carbocycles. The van der Waals surface area contributed by atoms with Gasteiger partial charge in [-0.1, -0.05) is 35.9 Å². The van der Waals surface area contributed by atoms with Crippen molar-refractivity contribution < 1.29 is 26.4 Å². The first-order chi connectivity index (χ1) is 11.4. The number of benzene rings is 1. The summed E-state index contributed by atoms with van der Waals surface area (Å²) < 4.78 is 63.5. The van der Waals surface area contributed by atoms with Crippen molar-refractivity contribution in [2.75, 3.05) is 6.54 Å². The molecule has 0 saturated carbocycles. The molecule has 10 heteroatoms. The van der Waals surface area contributed by atoms with Crippen molar-refractivity contribution in [1.29, 1.82) is 0 Å². The van der Waals surface area contributed by atoms with Crippen LogP contribution in [0.1, 0.15) is 12.5 Å². The molecule has 0 aliphatic heterocycles. The lowest BCUT2D eigenvalue weighted by atomic mass is 10.2. The van der Waals surface area contributed by atoms with Gasteiger partial charge in [0.1, 0.15) is 11.7 Å². The van der Waals surface area contributed by atoms with E-state index in [2.05, 4.69) is 6.58 Å². The van der Waals surface area contributed by atoms with E-state index >= 15 is 0 Å². The van der Waals surface area contributed by atoms with Crippen molar-refractivity contribution in [3.63, 3.8) is 0 Å². The quantitative estimate of drug-likeness (QED) is 0.592. The van der Waals surface area contributed by atoms with Gasteiger partial charge in [0.25, 0.3) is 15.9 Å². The highest BCUT2D eigenvalue weighted by Gasteiger charge is 2.31. The van der Waals surface area contributed by atoms with Crippen LogP contribution in [0.5, 0.6) is 0 Å². The Bertz CT molecular complexity index is 787. The van der Waals surface area contributed by atoms with Crippen LogP contribution in [0, 0.1) is 6.92 Å². The van der Waals surface area contributed by atoms with Gasteiger partial charge in [0.15, 0.2) is 0 Å². The van der Waals surface area contributed by atoms with Gasteiger partial charge in [0.05, 0.1) is 10.5 Å². The second kappa shape index (κ2) is 7.92. The number of rotatable bonds is 6. The Hall–Kier alpha value is -2.00.